The van der Waals surface area contributed by atoms with Gasteiger partial charge in [0.1, 0.15) is 5.82 Å². The monoisotopic (exact) mass is 296 g/mol. The summed E-state index contributed by atoms with van der Waals surface area (Å²) in [6.07, 6.45) is 4.07. The summed E-state index contributed by atoms with van der Waals surface area (Å²) in [5.74, 6) is -1.61. The van der Waals surface area contributed by atoms with Crippen molar-refractivity contribution in [1.82, 2.24) is 0 Å². The molecule has 0 aromatic heterocycles. The summed E-state index contributed by atoms with van der Waals surface area (Å²) in [5.41, 5.74) is 5.57. The van der Waals surface area contributed by atoms with Gasteiger partial charge in [-0.1, -0.05) is 12.8 Å². The molecule has 3 N–H and O–H groups in total. The van der Waals surface area contributed by atoms with E-state index in [-0.39, 0.29) is 11.5 Å². The highest BCUT2D eigenvalue weighted by Crippen LogP contribution is 2.16. The lowest BCUT2D eigenvalue weighted by Gasteiger charge is -2.07. The Balaban J connectivity index is 2.51. The fourth-order valence-electron chi connectivity index (χ4n) is 1.88. The molecular formula is C15H21FN2O3. The number of nitrogens with two attached hydrogens (primary N) is 1. The number of hydrogen-bond donors (Lipinski definition) is 2. The molecule has 1 aromatic carbocycles. The molecule has 0 radical (unpaired) electrons. The molecule has 1 amide bonds. The number of benzene rings is 1. The maximum Gasteiger partial charge on any atom is 0.340 e. The first kappa shape index (κ1) is 17.1. The zero-order chi connectivity index (χ0) is 15.7. The van der Waals surface area contributed by atoms with Crippen LogP contribution in [0.5, 0.6) is 0 Å². The Labute approximate surface area is 123 Å². The van der Waals surface area contributed by atoms with Gasteiger partial charge in [0.2, 0.25) is 5.91 Å². The fourth-order valence-corrected chi connectivity index (χ4v) is 1.88. The van der Waals surface area contributed by atoms with E-state index in [1.165, 1.54) is 19.2 Å². The SMILES string of the molecule is COC(=O)c1cc(NC(=O)CCCCCCN)ccc1F. The van der Waals surface area contributed by atoms with Crippen molar-refractivity contribution >= 4 is 17.6 Å². The average molecular weight is 296 g/mol. The standard InChI is InChI=1S/C15H21FN2O3/c1-21-15(20)12-10-11(7-8-13(12)16)18-14(19)6-4-2-3-5-9-17/h7-8,10H,2-6,9,17H2,1H3,(H,18,19). The van der Waals surface area contributed by atoms with Gasteiger partial charge in [0.25, 0.3) is 0 Å². The number of unbranched alkanes of at least 4 members (excludes halogenated alkanes) is 3. The molecule has 0 bridgehead atoms. The predicted octanol–water partition coefficient (Wildman–Crippen LogP) is 2.46. The number of amides is 1. The van der Waals surface area contributed by atoms with E-state index >= 15 is 0 Å². The maximum atomic E-state index is 13.4. The van der Waals surface area contributed by atoms with Crippen LogP contribution in [0.3, 0.4) is 0 Å². The third-order valence-corrected chi connectivity index (χ3v) is 3.01. The number of hydrogen-bond acceptors (Lipinski definition) is 4. The first-order valence-corrected chi connectivity index (χ1v) is 6.96. The molecule has 0 saturated carbocycles. The molecule has 0 unspecified atom stereocenters. The van der Waals surface area contributed by atoms with Crippen LogP contribution in [0.4, 0.5) is 10.1 Å². The van der Waals surface area contributed by atoms with Crippen LogP contribution in [0.1, 0.15) is 42.5 Å². The summed E-state index contributed by atoms with van der Waals surface area (Å²) in [6, 6.07) is 3.81. The van der Waals surface area contributed by atoms with Gasteiger partial charge in [0.15, 0.2) is 0 Å². The Bertz CT molecular complexity index is 492. The van der Waals surface area contributed by atoms with Crippen LogP contribution in [0.25, 0.3) is 0 Å². The smallest absolute Gasteiger partial charge is 0.340 e. The molecule has 21 heavy (non-hydrogen) atoms. The molecule has 0 saturated heterocycles. The predicted molar refractivity (Wildman–Crippen MR) is 78.5 cm³/mol. The van der Waals surface area contributed by atoms with Gasteiger partial charge >= 0.3 is 5.97 Å². The molecule has 116 valence electrons. The van der Waals surface area contributed by atoms with Crippen molar-refractivity contribution in [3.63, 3.8) is 0 Å². The topological polar surface area (TPSA) is 81.4 Å². The van der Waals surface area contributed by atoms with Crippen LogP contribution in [0, 0.1) is 5.82 Å². The minimum atomic E-state index is -0.773. The van der Waals surface area contributed by atoms with Gasteiger partial charge in [0, 0.05) is 12.1 Å². The highest BCUT2D eigenvalue weighted by Gasteiger charge is 2.13. The van der Waals surface area contributed by atoms with Crippen molar-refractivity contribution < 1.29 is 18.7 Å². The minimum Gasteiger partial charge on any atom is -0.465 e. The Morgan fingerprint density at radius 2 is 1.95 bits per heavy atom. The Kier molecular flexibility index (Phi) is 7.39. The van der Waals surface area contributed by atoms with Crippen LogP contribution in [0.15, 0.2) is 18.2 Å². The summed E-state index contributed by atoms with van der Waals surface area (Å²) in [5, 5.41) is 2.64. The second-order valence-corrected chi connectivity index (χ2v) is 4.69. The van der Waals surface area contributed by atoms with E-state index in [2.05, 4.69) is 10.1 Å². The van der Waals surface area contributed by atoms with E-state index in [9.17, 15) is 14.0 Å². The van der Waals surface area contributed by atoms with Crippen LogP contribution in [-0.2, 0) is 9.53 Å². The van der Waals surface area contributed by atoms with Crippen molar-refractivity contribution in [2.24, 2.45) is 5.73 Å². The van der Waals surface area contributed by atoms with E-state index in [1.807, 2.05) is 0 Å². The molecule has 1 aromatic rings. The Hall–Kier alpha value is -1.95. The molecule has 0 atom stereocenters. The van der Waals surface area contributed by atoms with Crippen molar-refractivity contribution in [2.45, 2.75) is 32.1 Å². The highest BCUT2D eigenvalue weighted by molar-refractivity contribution is 5.94. The number of esters is 1. The summed E-state index contributed by atoms with van der Waals surface area (Å²) >= 11 is 0. The summed E-state index contributed by atoms with van der Waals surface area (Å²) in [4.78, 5) is 23.1. The van der Waals surface area contributed by atoms with Crippen LogP contribution < -0.4 is 11.1 Å². The number of halogens is 1. The third-order valence-electron chi connectivity index (χ3n) is 3.01. The molecule has 0 spiro atoms. The Morgan fingerprint density at radius 1 is 1.24 bits per heavy atom. The van der Waals surface area contributed by atoms with Gasteiger partial charge < -0.3 is 15.8 Å². The zero-order valence-corrected chi connectivity index (χ0v) is 12.2. The Morgan fingerprint density at radius 3 is 2.62 bits per heavy atom. The normalized spacial score (nSPS) is 10.2. The van der Waals surface area contributed by atoms with Gasteiger partial charge in [-0.05, 0) is 37.6 Å². The summed E-state index contributed by atoms with van der Waals surface area (Å²) in [6.45, 7) is 0.665. The first-order chi connectivity index (χ1) is 10.1. The number of anilines is 1. The van der Waals surface area contributed by atoms with Gasteiger partial charge in [-0.2, -0.15) is 0 Å². The number of ether oxygens (including phenoxy) is 1. The molecular weight excluding hydrogens is 275 g/mol. The first-order valence-electron chi connectivity index (χ1n) is 6.96. The van der Waals surface area contributed by atoms with Crippen molar-refractivity contribution in [2.75, 3.05) is 19.0 Å². The molecule has 0 heterocycles. The highest BCUT2D eigenvalue weighted by atomic mass is 19.1. The van der Waals surface area contributed by atoms with Gasteiger partial charge in [-0.25, -0.2) is 9.18 Å². The lowest BCUT2D eigenvalue weighted by molar-refractivity contribution is -0.116. The zero-order valence-electron chi connectivity index (χ0n) is 12.2. The number of nitrogens with one attached hydrogen (secondary N) is 1. The second-order valence-electron chi connectivity index (χ2n) is 4.69. The maximum absolute atomic E-state index is 13.4. The summed E-state index contributed by atoms with van der Waals surface area (Å²) in [7, 11) is 1.17. The van der Waals surface area contributed by atoms with Crippen LogP contribution in [0.2, 0.25) is 0 Å². The molecule has 0 aliphatic carbocycles. The third kappa shape index (κ3) is 5.91. The second kappa shape index (κ2) is 9.07. The molecule has 0 fully saturated rings. The van der Waals surface area contributed by atoms with Gasteiger partial charge in [-0.3, -0.25) is 4.79 Å². The van der Waals surface area contributed by atoms with Crippen LogP contribution >= 0.6 is 0 Å². The van der Waals surface area contributed by atoms with E-state index in [0.29, 0.717) is 18.7 Å². The number of carbonyl (C=O) groups is 2. The van der Waals surface area contributed by atoms with E-state index in [4.69, 9.17) is 5.73 Å². The molecule has 1 rings (SSSR count). The molecule has 6 heteroatoms. The molecule has 0 aliphatic rings. The largest absolute Gasteiger partial charge is 0.465 e. The molecule has 0 aliphatic heterocycles. The molecule has 5 nitrogen and oxygen atoms in total. The lowest BCUT2D eigenvalue weighted by atomic mass is 10.1. The summed E-state index contributed by atoms with van der Waals surface area (Å²) < 4.78 is 17.9. The van der Waals surface area contributed by atoms with Gasteiger partial charge in [-0.15, -0.1) is 0 Å². The van der Waals surface area contributed by atoms with Crippen molar-refractivity contribution in [3.8, 4) is 0 Å². The average Bonchev–Trinajstić information content (AvgIpc) is 2.48. The van der Waals surface area contributed by atoms with Crippen molar-refractivity contribution in [1.29, 1.82) is 0 Å². The number of methoxy groups -OCH3 is 1. The van der Waals surface area contributed by atoms with Gasteiger partial charge in [0.05, 0.1) is 12.7 Å². The van der Waals surface area contributed by atoms with E-state index in [1.54, 1.807) is 0 Å². The quantitative estimate of drug-likeness (QED) is 0.570. The number of carbonyl (C=O) groups excluding carboxylic acids is 2. The van der Waals surface area contributed by atoms with Crippen LogP contribution in [-0.4, -0.2) is 25.5 Å². The minimum absolute atomic E-state index is 0.162. The number of rotatable bonds is 8. The van der Waals surface area contributed by atoms with Crippen molar-refractivity contribution in [3.05, 3.63) is 29.6 Å². The van der Waals surface area contributed by atoms with E-state index in [0.717, 1.165) is 31.7 Å². The fraction of sp³-hybridized carbons (Fsp3) is 0.467. The lowest BCUT2D eigenvalue weighted by Crippen LogP contribution is -2.12. The van der Waals surface area contributed by atoms with E-state index < -0.39 is 11.8 Å².